The maximum Gasteiger partial charge on any atom is 0.258 e. The van der Waals surface area contributed by atoms with Crippen molar-refractivity contribution < 1.29 is 0 Å². The number of nitrogens with one attached hydrogen (secondary N) is 1. The van der Waals surface area contributed by atoms with Crippen LogP contribution in [-0.4, -0.2) is 52.5 Å². The molecular weight excluding hydrogens is 348 g/mol. The fourth-order valence-corrected chi connectivity index (χ4v) is 3.71. The summed E-state index contributed by atoms with van der Waals surface area (Å²) in [4.78, 5) is 24.9. The van der Waals surface area contributed by atoms with E-state index in [0.29, 0.717) is 5.39 Å². The molecular formula is C23H26N4O. The van der Waals surface area contributed by atoms with Gasteiger partial charge in [-0.05, 0) is 24.6 Å². The van der Waals surface area contributed by atoms with E-state index in [0.717, 1.165) is 44.1 Å². The lowest BCUT2D eigenvalue weighted by atomic mass is 10.2. The van der Waals surface area contributed by atoms with Crippen molar-refractivity contribution in [2.45, 2.75) is 13.0 Å². The molecule has 0 saturated carbocycles. The third-order valence-corrected chi connectivity index (χ3v) is 5.45. The molecule has 28 heavy (non-hydrogen) atoms. The number of H-pyrrole nitrogens is 1. The Hall–Kier alpha value is -2.76. The van der Waals surface area contributed by atoms with Crippen LogP contribution in [0.3, 0.4) is 0 Å². The average molecular weight is 374 g/mol. The summed E-state index contributed by atoms with van der Waals surface area (Å²) in [5.74, 6) is 0.751. The van der Waals surface area contributed by atoms with Gasteiger partial charge in [-0.25, -0.2) is 4.98 Å². The summed E-state index contributed by atoms with van der Waals surface area (Å²) in [6.45, 7) is 7.05. The molecule has 5 nitrogen and oxygen atoms in total. The molecule has 0 radical (unpaired) electrons. The summed E-state index contributed by atoms with van der Waals surface area (Å²) in [7, 11) is 0. The number of hydrogen-bond acceptors (Lipinski definition) is 4. The van der Waals surface area contributed by atoms with E-state index < -0.39 is 0 Å². The summed E-state index contributed by atoms with van der Waals surface area (Å²) in [6.07, 6.45) is 4.41. The number of rotatable bonds is 5. The standard InChI is InChI=1S/C23H26N4O/c1-18(22-24-21-12-6-5-11-20(21)23(28)25-22)27-16-14-26(15-17-27)13-7-10-19-8-3-2-4-9-19/h2-12,18H,13-17H2,1H3,(H,24,25,28)/b10-7+/t18-/m0/s1. The molecule has 5 heteroatoms. The van der Waals surface area contributed by atoms with Crippen LogP contribution >= 0.6 is 0 Å². The molecule has 144 valence electrons. The molecule has 0 spiro atoms. The molecule has 1 fully saturated rings. The first-order valence-electron chi connectivity index (χ1n) is 9.87. The molecule has 1 aromatic heterocycles. The Kier molecular flexibility index (Phi) is 5.65. The zero-order valence-electron chi connectivity index (χ0n) is 16.2. The molecule has 2 heterocycles. The monoisotopic (exact) mass is 374 g/mol. The molecule has 3 aromatic rings. The minimum Gasteiger partial charge on any atom is -0.309 e. The number of hydrogen-bond donors (Lipinski definition) is 1. The van der Waals surface area contributed by atoms with Crippen LogP contribution in [0.15, 0.2) is 65.5 Å². The first kappa shape index (κ1) is 18.6. The predicted octanol–water partition coefficient (Wildman–Crippen LogP) is 3.32. The lowest BCUT2D eigenvalue weighted by molar-refractivity contribution is 0.107. The fraction of sp³-hybridized carbons (Fsp3) is 0.304. The van der Waals surface area contributed by atoms with Crippen molar-refractivity contribution in [2.75, 3.05) is 32.7 Å². The van der Waals surface area contributed by atoms with Gasteiger partial charge in [0.15, 0.2) is 0 Å². The lowest BCUT2D eigenvalue weighted by Gasteiger charge is -2.37. The highest BCUT2D eigenvalue weighted by atomic mass is 16.1. The van der Waals surface area contributed by atoms with E-state index in [9.17, 15) is 4.79 Å². The van der Waals surface area contributed by atoms with Crippen molar-refractivity contribution in [3.63, 3.8) is 0 Å². The minimum absolute atomic E-state index is 0.0582. The van der Waals surface area contributed by atoms with E-state index in [1.54, 1.807) is 0 Å². The molecule has 1 N–H and O–H groups in total. The largest absolute Gasteiger partial charge is 0.309 e. The SMILES string of the molecule is C[C@@H](c1nc2ccccc2c(=O)[nH]1)N1CCN(C/C=C/c2ccccc2)CC1. The van der Waals surface area contributed by atoms with Crippen molar-refractivity contribution in [3.05, 3.63) is 82.4 Å². The van der Waals surface area contributed by atoms with Gasteiger partial charge in [0.25, 0.3) is 5.56 Å². The molecule has 1 saturated heterocycles. The average Bonchev–Trinajstić information content (AvgIpc) is 2.74. The van der Waals surface area contributed by atoms with Crippen molar-refractivity contribution in [3.8, 4) is 0 Å². The maximum atomic E-state index is 12.3. The Balaban J connectivity index is 1.36. The summed E-state index contributed by atoms with van der Waals surface area (Å²) in [5.41, 5.74) is 1.94. The van der Waals surface area contributed by atoms with Crippen LogP contribution in [0.5, 0.6) is 0 Å². The van der Waals surface area contributed by atoms with Gasteiger partial charge < -0.3 is 4.98 Å². The zero-order valence-corrected chi connectivity index (χ0v) is 16.2. The van der Waals surface area contributed by atoms with E-state index in [1.807, 2.05) is 30.3 Å². The molecule has 4 rings (SSSR count). The first-order valence-corrected chi connectivity index (χ1v) is 9.87. The predicted molar refractivity (Wildman–Crippen MR) is 114 cm³/mol. The molecule has 0 bridgehead atoms. The van der Waals surface area contributed by atoms with Crippen LogP contribution in [0.25, 0.3) is 17.0 Å². The Morgan fingerprint density at radius 1 is 1.04 bits per heavy atom. The van der Waals surface area contributed by atoms with Crippen LogP contribution in [-0.2, 0) is 0 Å². The van der Waals surface area contributed by atoms with E-state index in [-0.39, 0.29) is 11.6 Å². The highest BCUT2D eigenvalue weighted by Crippen LogP contribution is 2.19. The van der Waals surface area contributed by atoms with Crippen LogP contribution in [0, 0.1) is 0 Å². The van der Waals surface area contributed by atoms with Crippen LogP contribution < -0.4 is 5.56 Å². The van der Waals surface area contributed by atoms with Gasteiger partial charge in [0.05, 0.1) is 16.9 Å². The van der Waals surface area contributed by atoms with Crippen LogP contribution in [0.2, 0.25) is 0 Å². The Labute approximate surface area is 165 Å². The summed E-state index contributed by atoms with van der Waals surface area (Å²) in [6, 6.07) is 18.0. The second kappa shape index (κ2) is 8.50. The number of aromatic amines is 1. The van der Waals surface area contributed by atoms with Crippen molar-refractivity contribution in [2.24, 2.45) is 0 Å². The Morgan fingerprint density at radius 3 is 2.54 bits per heavy atom. The number of aromatic nitrogens is 2. The van der Waals surface area contributed by atoms with E-state index in [2.05, 4.69) is 58.1 Å². The third kappa shape index (κ3) is 4.21. The van der Waals surface area contributed by atoms with E-state index in [1.165, 1.54) is 5.56 Å². The molecule has 1 atom stereocenters. The molecule has 0 amide bonds. The third-order valence-electron chi connectivity index (χ3n) is 5.45. The lowest BCUT2D eigenvalue weighted by Crippen LogP contribution is -2.47. The normalized spacial score (nSPS) is 17.3. The molecule has 0 unspecified atom stereocenters. The second-order valence-electron chi connectivity index (χ2n) is 7.29. The maximum absolute atomic E-state index is 12.3. The second-order valence-corrected chi connectivity index (χ2v) is 7.29. The van der Waals surface area contributed by atoms with Crippen LogP contribution in [0.1, 0.15) is 24.4 Å². The van der Waals surface area contributed by atoms with Gasteiger partial charge in [0, 0.05) is 32.7 Å². The van der Waals surface area contributed by atoms with Crippen molar-refractivity contribution >= 4 is 17.0 Å². The zero-order chi connectivity index (χ0) is 19.3. The van der Waals surface area contributed by atoms with Crippen LogP contribution in [0.4, 0.5) is 0 Å². The van der Waals surface area contributed by atoms with Crippen molar-refractivity contribution in [1.29, 1.82) is 0 Å². The minimum atomic E-state index is -0.0582. The van der Waals surface area contributed by atoms with E-state index >= 15 is 0 Å². The number of benzene rings is 2. The topological polar surface area (TPSA) is 52.2 Å². The highest BCUT2D eigenvalue weighted by Gasteiger charge is 2.23. The number of para-hydroxylation sites is 1. The Bertz CT molecular complexity index is 1000. The Morgan fingerprint density at radius 2 is 1.75 bits per heavy atom. The first-order chi connectivity index (χ1) is 13.7. The van der Waals surface area contributed by atoms with E-state index in [4.69, 9.17) is 4.98 Å². The number of nitrogens with zero attached hydrogens (tertiary/aromatic N) is 3. The number of fused-ring (bicyclic) bond motifs is 1. The van der Waals surface area contributed by atoms with Crippen molar-refractivity contribution in [1.82, 2.24) is 19.8 Å². The van der Waals surface area contributed by atoms with Gasteiger partial charge in [-0.1, -0.05) is 54.6 Å². The van der Waals surface area contributed by atoms with Gasteiger partial charge in [-0.3, -0.25) is 14.6 Å². The highest BCUT2D eigenvalue weighted by molar-refractivity contribution is 5.77. The fourth-order valence-electron chi connectivity index (χ4n) is 3.71. The summed E-state index contributed by atoms with van der Waals surface area (Å²) in [5, 5.41) is 0.647. The van der Waals surface area contributed by atoms with Gasteiger partial charge >= 0.3 is 0 Å². The molecule has 1 aliphatic rings. The van der Waals surface area contributed by atoms with Gasteiger partial charge in [-0.15, -0.1) is 0 Å². The quantitative estimate of drug-likeness (QED) is 0.744. The smallest absolute Gasteiger partial charge is 0.258 e. The number of piperazine rings is 1. The summed E-state index contributed by atoms with van der Waals surface area (Å²) < 4.78 is 0. The van der Waals surface area contributed by atoms with Gasteiger partial charge in [-0.2, -0.15) is 0 Å². The molecule has 2 aromatic carbocycles. The molecule has 1 aliphatic heterocycles. The van der Waals surface area contributed by atoms with Gasteiger partial charge in [0.2, 0.25) is 0 Å². The molecule has 0 aliphatic carbocycles. The van der Waals surface area contributed by atoms with Gasteiger partial charge in [0.1, 0.15) is 5.82 Å². The summed E-state index contributed by atoms with van der Waals surface area (Å²) >= 11 is 0.